The lowest BCUT2D eigenvalue weighted by molar-refractivity contribution is 1.02. The summed E-state index contributed by atoms with van der Waals surface area (Å²) in [6.07, 6.45) is 0. The molecule has 0 aliphatic rings. The first-order chi connectivity index (χ1) is 30.2. The van der Waals surface area contributed by atoms with Crippen LogP contribution in [0.1, 0.15) is 5.56 Å². The minimum atomic E-state index is 0.551. The van der Waals surface area contributed by atoms with E-state index in [1.54, 1.807) is 0 Å². The number of aromatic nitrogens is 4. The van der Waals surface area contributed by atoms with Crippen LogP contribution in [0.5, 0.6) is 0 Å². The van der Waals surface area contributed by atoms with Gasteiger partial charge in [0.15, 0.2) is 0 Å². The molecule has 0 aliphatic carbocycles. The Kier molecular flexibility index (Phi) is 7.16. The Bertz CT molecular complexity index is 3570. The maximum absolute atomic E-state index is 12.3. The maximum atomic E-state index is 12.3. The first-order valence-electron chi connectivity index (χ1n) is 20.5. The normalized spacial score (nSPS) is 12.0. The largest absolute Gasteiger partial charge is 0.306 e. The van der Waals surface area contributed by atoms with Gasteiger partial charge in [-0.05, 0) is 64.5 Å². The van der Waals surface area contributed by atoms with E-state index in [1.165, 1.54) is 0 Å². The molecule has 0 radical (unpaired) electrons. The van der Waals surface area contributed by atoms with E-state index in [-0.39, 0.29) is 0 Å². The lowest BCUT2D eigenvalue weighted by Crippen LogP contribution is -2.15. The molecule has 0 fully saturated rings. The van der Waals surface area contributed by atoms with E-state index in [9.17, 15) is 5.26 Å². The van der Waals surface area contributed by atoms with Crippen molar-refractivity contribution in [1.29, 1.82) is 5.26 Å². The minimum Gasteiger partial charge on any atom is -0.306 e. The second-order valence-corrected chi connectivity index (χ2v) is 16.5. The molecule has 284 valence electrons. The fourth-order valence-electron chi connectivity index (χ4n) is 10.3. The quantitative estimate of drug-likeness (QED) is 0.174. The molecule has 0 bridgehead atoms. The van der Waals surface area contributed by atoms with Gasteiger partial charge in [0, 0.05) is 43.1 Å². The third-order valence-corrected chi connectivity index (χ3v) is 13.4. The van der Waals surface area contributed by atoms with Gasteiger partial charge in [0.25, 0.3) is 0 Å². The summed E-state index contributed by atoms with van der Waals surface area (Å²) in [7, 11) is 0. The van der Waals surface area contributed by atoms with E-state index in [2.05, 4.69) is 234 Å². The standard InChI is InChI=1S/C55H32BrN5/c56-51-54(60-47-29-13-5-21-38(47)39-22-6-14-30-48(39)60)52(58-43-25-9-1-17-34(43)35-18-2-10-26-44(35)58)42(33-57)53(59-45-27-11-3-19-36(45)37-20-4-12-28-46(37)59)55(51)61-49-31-15-7-23-40(49)41-24-8-16-32-50(41)61/h1-32H. The summed E-state index contributed by atoms with van der Waals surface area (Å²) in [6, 6.07) is 71.7. The molecule has 0 amide bonds. The van der Waals surface area contributed by atoms with Crippen molar-refractivity contribution in [3.63, 3.8) is 0 Å². The zero-order valence-corrected chi connectivity index (χ0v) is 34.2. The molecule has 0 spiro atoms. The molecule has 13 aromatic rings. The summed E-state index contributed by atoms with van der Waals surface area (Å²) in [6.45, 7) is 0. The first-order valence-corrected chi connectivity index (χ1v) is 21.3. The Hall–Kier alpha value is -7.85. The second-order valence-electron chi connectivity index (χ2n) is 15.7. The van der Waals surface area contributed by atoms with Crippen molar-refractivity contribution in [3.05, 3.63) is 204 Å². The van der Waals surface area contributed by atoms with Crippen LogP contribution in [0.4, 0.5) is 0 Å². The van der Waals surface area contributed by atoms with Gasteiger partial charge in [-0.3, -0.25) is 0 Å². The summed E-state index contributed by atoms with van der Waals surface area (Å²) in [5, 5.41) is 21.3. The van der Waals surface area contributed by atoms with E-state index in [4.69, 9.17) is 0 Å². The SMILES string of the molecule is N#Cc1c(-n2c3ccccc3c3ccccc32)c(-n2c3ccccc3c3ccccc32)c(Br)c(-n2c3ccccc3c3ccccc32)c1-n1c2ccccc2c2ccccc21. The third-order valence-electron chi connectivity index (χ3n) is 12.7. The van der Waals surface area contributed by atoms with Crippen molar-refractivity contribution in [2.24, 2.45) is 0 Å². The Morgan fingerprint density at radius 3 is 0.656 bits per heavy atom. The highest BCUT2D eigenvalue weighted by Gasteiger charge is 2.33. The predicted octanol–water partition coefficient (Wildman–Crippen LogP) is 14.7. The van der Waals surface area contributed by atoms with Gasteiger partial charge in [-0.1, -0.05) is 146 Å². The van der Waals surface area contributed by atoms with Crippen LogP contribution in [-0.2, 0) is 0 Å². The Morgan fingerprint density at radius 2 is 0.459 bits per heavy atom. The molecule has 5 nitrogen and oxygen atoms in total. The Balaban J connectivity index is 1.37. The molecule has 9 aromatic carbocycles. The van der Waals surface area contributed by atoms with Crippen LogP contribution in [0.3, 0.4) is 0 Å². The number of halogens is 1. The van der Waals surface area contributed by atoms with Crippen LogP contribution in [-0.4, -0.2) is 18.3 Å². The molecular weight excluding hydrogens is 811 g/mol. The molecule has 0 N–H and O–H groups in total. The van der Waals surface area contributed by atoms with Gasteiger partial charge in [-0.25, -0.2) is 0 Å². The van der Waals surface area contributed by atoms with Crippen LogP contribution < -0.4 is 0 Å². The van der Waals surface area contributed by atoms with Crippen LogP contribution >= 0.6 is 15.9 Å². The zero-order valence-electron chi connectivity index (χ0n) is 32.6. The average molecular weight is 843 g/mol. The molecule has 0 aliphatic heterocycles. The van der Waals surface area contributed by atoms with Gasteiger partial charge in [0.2, 0.25) is 0 Å². The van der Waals surface area contributed by atoms with Crippen molar-refractivity contribution in [2.75, 3.05) is 0 Å². The first kappa shape index (κ1) is 34.1. The zero-order chi connectivity index (χ0) is 40.3. The van der Waals surface area contributed by atoms with Gasteiger partial charge >= 0.3 is 0 Å². The lowest BCUT2D eigenvalue weighted by atomic mass is 10.0. The smallest absolute Gasteiger partial charge is 0.104 e. The molecule has 0 saturated heterocycles. The number of fused-ring (bicyclic) bond motifs is 12. The summed E-state index contributed by atoms with van der Waals surface area (Å²) >= 11 is 4.48. The van der Waals surface area contributed by atoms with Gasteiger partial charge < -0.3 is 18.3 Å². The summed E-state index contributed by atoms with van der Waals surface area (Å²) in [5.74, 6) is 0. The van der Waals surface area contributed by atoms with E-state index in [0.29, 0.717) is 5.56 Å². The van der Waals surface area contributed by atoms with Crippen LogP contribution in [0.25, 0.3) is 110 Å². The topological polar surface area (TPSA) is 43.5 Å². The van der Waals surface area contributed by atoms with Crippen molar-refractivity contribution in [2.45, 2.75) is 0 Å². The highest BCUT2D eigenvalue weighted by Crippen LogP contribution is 2.50. The lowest BCUT2D eigenvalue weighted by Gasteiger charge is -2.27. The molecule has 0 unspecified atom stereocenters. The number of benzene rings is 9. The highest BCUT2D eigenvalue weighted by atomic mass is 79.9. The van der Waals surface area contributed by atoms with Crippen molar-refractivity contribution in [3.8, 4) is 28.8 Å². The highest BCUT2D eigenvalue weighted by molar-refractivity contribution is 9.10. The monoisotopic (exact) mass is 841 g/mol. The number of hydrogen-bond acceptors (Lipinski definition) is 1. The number of rotatable bonds is 4. The summed E-state index contributed by atoms with van der Waals surface area (Å²) in [4.78, 5) is 0. The molecule has 4 heterocycles. The fourth-order valence-corrected chi connectivity index (χ4v) is 11.0. The summed E-state index contributed by atoms with van der Waals surface area (Å²) in [5.41, 5.74) is 12.2. The molecule has 61 heavy (non-hydrogen) atoms. The van der Waals surface area contributed by atoms with E-state index in [1.807, 2.05) is 0 Å². The van der Waals surface area contributed by atoms with Crippen LogP contribution in [0.15, 0.2) is 199 Å². The average Bonchev–Trinajstić information content (AvgIpc) is 4.04. The van der Waals surface area contributed by atoms with E-state index in [0.717, 1.165) is 114 Å². The molecule has 13 rings (SSSR count). The van der Waals surface area contributed by atoms with Crippen molar-refractivity contribution < 1.29 is 0 Å². The Morgan fingerprint density at radius 1 is 0.279 bits per heavy atom. The van der Waals surface area contributed by atoms with Crippen molar-refractivity contribution in [1.82, 2.24) is 18.3 Å². The molecule has 0 atom stereocenters. The van der Waals surface area contributed by atoms with Gasteiger partial charge in [0.1, 0.15) is 11.6 Å². The number of nitriles is 1. The van der Waals surface area contributed by atoms with Crippen LogP contribution in [0, 0.1) is 11.3 Å². The second kappa shape index (κ2) is 12.8. The molecule has 4 aromatic heterocycles. The van der Waals surface area contributed by atoms with E-state index < -0.39 is 0 Å². The predicted molar refractivity (Wildman–Crippen MR) is 256 cm³/mol. The van der Waals surface area contributed by atoms with Gasteiger partial charge in [-0.2, -0.15) is 5.26 Å². The number of hydrogen-bond donors (Lipinski definition) is 0. The third kappa shape index (κ3) is 4.53. The maximum Gasteiger partial charge on any atom is 0.104 e. The fraction of sp³-hybridized carbons (Fsp3) is 0. The Labute approximate surface area is 357 Å². The van der Waals surface area contributed by atoms with Crippen LogP contribution in [0.2, 0.25) is 0 Å². The molecular formula is C55H32BrN5. The minimum absolute atomic E-state index is 0.551. The van der Waals surface area contributed by atoms with Gasteiger partial charge in [0.05, 0.1) is 71.4 Å². The number of para-hydroxylation sites is 8. The molecule has 6 heteroatoms. The summed E-state index contributed by atoms with van der Waals surface area (Å²) < 4.78 is 10.3. The molecule has 0 saturated carbocycles. The van der Waals surface area contributed by atoms with Crippen molar-refractivity contribution >= 4 is 103 Å². The van der Waals surface area contributed by atoms with Gasteiger partial charge in [-0.15, -0.1) is 0 Å². The van der Waals surface area contributed by atoms with E-state index >= 15 is 0 Å². The number of nitrogens with zero attached hydrogens (tertiary/aromatic N) is 5.